The molecule has 0 amide bonds. The molecule has 0 aromatic carbocycles. The van der Waals surface area contributed by atoms with Crippen LogP contribution in [0.3, 0.4) is 0 Å². The number of hydrogen-bond acceptors (Lipinski definition) is 3. The van der Waals surface area contributed by atoms with E-state index in [1.807, 2.05) is 14.1 Å². The van der Waals surface area contributed by atoms with E-state index >= 15 is 0 Å². The molecule has 1 rings (SSSR count). The standard InChI is InChI=1S/C8H11IN4O/c1-13(2)4-11-7-5(9)3-6(10)8(14)12-7/h3-4H,10H2,1-2H3,(H,12,14)/b11-4+. The number of anilines is 1. The number of aromatic nitrogens is 1. The Kier molecular flexibility index (Phi) is 3.50. The van der Waals surface area contributed by atoms with E-state index in [1.165, 1.54) is 0 Å². The molecular weight excluding hydrogens is 295 g/mol. The van der Waals surface area contributed by atoms with Gasteiger partial charge in [-0.15, -0.1) is 0 Å². The summed E-state index contributed by atoms with van der Waals surface area (Å²) in [6.45, 7) is 0. The molecular formula is C8H11IN4O. The van der Waals surface area contributed by atoms with Gasteiger partial charge in [0.25, 0.3) is 5.56 Å². The van der Waals surface area contributed by atoms with Gasteiger partial charge in [0.2, 0.25) is 0 Å². The number of hydrogen-bond donors (Lipinski definition) is 2. The molecule has 5 nitrogen and oxygen atoms in total. The van der Waals surface area contributed by atoms with Crippen LogP contribution >= 0.6 is 22.6 Å². The molecule has 6 heteroatoms. The maximum absolute atomic E-state index is 11.2. The summed E-state index contributed by atoms with van der Waals surface area (Å²) < 4.78 is 0.817. The molecule has 1 aromatic rings. The maximum Gasteiger partial charge on any atom is 0.272 e. The van der Waals surface area contributed by atoms with E-state index in [9.17, 15) is 4.79 Å². The van der Waals surface area contributed by atoms with Crippen LogP contribution in [0.1, 0.15) is 0 Å². The summed E-state index contributed by atoms with van der Waals surface area (Å²) >= 11 is 2.07. The normalized spacial score (nSPS) is 10.8. The highest BCUT2D eigenvalue weighted by Crippen LogP contribution is 2.17. The number of aliphatic imine (C=N–C) groups is 1. The van der Waals surface area contributed by atoms with E-state index in [-0.39, 0.29) is 11.2 Å². The Hall–Kier alpha value is -1.05. The molecule has 0 atom stereocenters. The first-order chi connectivity index (χ1) is 6.50. The van der Waals surface area contributed by atoms with Gasteiger partial charge in [0, 0.05) is 14.1 Å². The fourth-order valence-corrected chi connectivity index (χ4v) is 1.39. The van der Waals surface area contributed by atoms with E-state index < -0.39 is 0 Å². The predicted octanol–water partition coefficient (Wildman–Crippen LogP) is 0.783. The van der Waals surface area contributed by atoms with Gasteiger partial charge in [-0.1, -0.05) is 0 Å². The number of nitrogens with two attached hydrogens (primary N) is 1. The number of rotatable bonds is 2. The van der Waals surface area contributed by atoms with E-state index in [0.717, 1.165) is 3.57 Å². The number of aromatic amines is 1. The minimum Gasteiger partial charge on any atom is -0.394 e. The average Bonchev–Trinajstić information content (AvgIpc) is 2.09. The van der Waals surface area contributed by atoms with Crippen molar-refractivity contribution in [1.29, 1.82) is 0 Å². The van der Waals surface area contributed by atoms with E-state index in [4.69, 9.17) is 5.73 Å². The highest BCUT2D eigenvalue weighted by atomic mass is 127. The van der Waals surface area contributed by atoms with Crippen molar-refractivity contribution in [3.8, 4) is 0 Å². The van der Waals surface area contributed by atoms with E-state index in [1.54, 1.807) is 17.3 Å². The van der Waals surface area contributed by atoms with Gasteiger partial charge in [0.05, 0.1) is 15.6 Å². The van der Waals surface area contributed by atoms with Crippen molar-refractivity contribution in [2.75, 3.05) is 19.8 Å². The minimum atomic E-state index is -0.309. The third kappa shape index (κ3) is 2.72. The summed E-state index contributed by atoms with van der Waals surface area (Å²) in [6, 6.07) is 1.60. The summed E-state index contributed by atoms with van der Waals surface area (Å²) in [5.74, 6) is 0.526. The lowest BCUT2D eigenvalue weighted by Gasteiger charge is -2.03. The Balaban J connectivity index is 3.10. The minimum absolute atomic E-state index is 0.207. The summed E-state index contributed by atoms with van der Waals surface area (Å²) in [5.41, 5.74) is 5.33. The van der Waals surface area contributed by atoms with Gasteiger partial charge in [-0.05, 0) is 28.7 Å². The van der Waals surface area contributed by atoms with Gasteiger partial charge in [-0.2, -0.15) is 0 Å². The third-order valence-electron chi connectivity index (χ3n) is 1.42. The second kappa shape index (κ2) is 4.45. The Morgan fingerprint density at radius 1 is 1.64 bits per heavy atom. The largest absolute Gasteiger partial charge is 0.394 e. The second-order valence-electron chi connectivity index (χ2n) is 2.96. The zero-order valence-electron chi connectivity index (χ0n) is 7.91. The van der Waals surface area contributed by atoms with Crippen molar-refractivity contribution in [2.45, 2.75) is 0 Å². The van der Waals surface area contributed by atoms with Gasteiger partial charge in [0.15, 0.2) is 0 Å². The lowest BCUT2D eigenvalue weighted by Crippen LogP contribution is -2.12. The molecule has 76 valence electrons. The van der Waals surface area contributed by atoms with Crippen LogP contribution in [0.2, 0.25) is 0 Å². The van der Waals surface area contributed by atoms with Gasteiger partial charge in [-0.25, -0.2) is 4.99 Å². The topological polar surface area (TPSA) is 74.5 Å². The monoisotopic (exact) mass is 306 g/mol. The number of nitrogens with one attached hydrogen (secondary N) is 1. The smallest absolute Gasteiger partial charge is 0.272 e. The first-order valence-electron chi connectivity index (χ1n) is 3.89. The van der Waals surface area contributed by atoms with Crippen LogP contribution in [-0.2, 0) is 0 Å². The van der Waals surface area contributed by atoms with E-state index in [2.05, 4.69) is 32.6 Å². The maximum atomic E-state index is 11.2. The van der Waals surface area contributed by atoms with Crippen molar-refractivity contribution in [2.24, 2.45) is 4.99 Å². The number of halogens is 1. The molecule has 0 fully saturated rings. The lowest BCUT2D eigenvalue weighted by molar-refractivity contribution is 0.643. The number of nitrogens with zero attached hydrogens (tertiary/aromatic N) is 2. The molecule has 0 bridgehead atoms. The molecule has 0 spiro atoms. The van der Waals surface area contributed by atoms with Crippen LogP contribution in [0.25, 0.3) is 0 Å². The van der Waals surface area contributed by atoms with Gasteiger partial charge in [-0.3, -0.25) is 4.79 Å². The summed E-state index contributed by atoms with van der Waals surface area (Å²) in [5, 5.41) is 0. The molecule has 0 aliphatic heterocycles. The molecule has 0 saturated carbocycles. The fraction of sp³-hybridized carbons (Fsp3) is 0.250. The highest BCUT2D eigenvalue weighted by Gasteiger charge is 2.01. The zero-order chi connectivity index (χ0) is 10.7. The Morgan fingerprint density at radius 3 is 2.86 bits per heavy atom. The van der Waals surface area contributed by atoms with Crippen LogP contribution in [0.5, 0.6) is 0 Å². The van der Waals surface area contributed by atoms with Crippen LogP contribution in [0, 0.1) is 3.57 Å². The molecule has 0 radical (unpaired) electrons. The van der Waals surface area contributed by atoms with Gasteiger partial charge >= 0.3 is 0 Å². The molecule has 3 N–H and O–H groups in total. The van der Waals surface area contributed by atoms with Crippen molar-refractivity contribution in [3.63, 3.8) is 0 Å². The Morgan fingerprint density at radius 2 is 2.29 bits per heavy atom. The zero-order valence-corrected chi connectivity index (χ0v) is 10.1. The third-order valence-corrected chi connectivity index (χ3v) is 2.24. The van der Waals surface area contributed by atoms with Crippen molar-refractivity contribution in [1.82, 2.24) is 9.88 Å². The number of H-pyrrole nitrogens is 1. The summed E-state index contributed by atoms with van der Waals surface area (Å²) in [4.78, 5) is 19.6. The molecule has 0 saturated heterocycles. The van der Waals surface area contributed by atoms with Crippen molar-refractivity contribution in [3.05, 3.63) is 20.0 Å². The second-order valence-corrected chi connectivity index (χ2v) is 4.12. The molecule has 14 heavy (non-hydrogen) atoms. The van der Waals surface area contributed by atoms with Gasteiger partial charge < -0.3 is 15.6 Å². The SMILES string of the molecule is CN(C)/C=N/c1[nH]c(=O)c(N)cc1I. The first kappa shape index (κ1) is 11.0. The molecule has 0 aliphatic carbocycles. The number of nitrogen functional groups attached to an aromatic ring is 1. The van der Waals surface area contributed by atoms with Crippen molar-refractivity contribution >= 4 is 40.4 Å². The summed E-state index contributed by atoms with van der Waals surface area (Å²) in [7, 11) is 3.71. The van der Waals surface area contributed by atoms with Gasteiger partial charge in [0.1, 0.15) is 5.82 Å². The fourth-order valence-electron chi connectivity index (χ4n) is 0.777. The molecule has 0 unspecified atom stereocenters. The predicted molar refractivity (Wildman–Crippen MR) is 66.0 cm³/mol. The Bertz CT molecular complexity index is 410. The molecule has 1 aromatic heterocycles. The molecule has 1 heterocycles. The Labute approximate surface area is 95.2 Å². The lowest BCUT2D eigenvalue weighted by atomic mass is 10.4. The van der Waals surface area contributed by atoms with Crippen LogP contribution in [0.15, 0.2) is 15.9 Å². The first-order valence-corrected chi connectivity index (χ1v) is 4.97. The average molecular weight is 306 g/mol. The summed E-state index contributed by atoms with van der Waals surface area (Å²) in [6.07, 6.45) is 1.61. The number of pyridine rings is 1. The quantitative estimate of drug-likeness (QED) is 0.482. The van der Waals surface area contributed by atoms with Crippen molar-refractivity contribution < 1.29 is 0 Å². The van der Waals surface area contributed by atoms with Crippen LogP contribution in [-0.4, -0.2) is 30.3 Å². The molecule has 0 aliphatic rings. The highest BCUT2D eigenvalue weighted by molar-refractivity contribution is 14.1. The van der Waals surface area contributed by atoms with Crippen LogP contribution < -0.4 is 11.3 Å². The van der Waals surface area contributed by atoms with E-state index in [0.29, 0.717) is 5.82 Å². The van der Waals surface area contributed by atoms with Crippen LogP contribution in [0.4, 0.5) is 11.5 Å².